The summed E-state index contributed by atoms with van der Waals surface area (Å²) in [5.41, 5.74) is 0.159. The number of nitrogens with zero attached hydrogens (tertiary/aromatic N) is 5. The fourth-order valence-electron chi connectivity index (χ4n) is 4.42. The number of carbonyl (C=O) groups excluding carboxylic acids is 2. The minimum absolute atomic E-state index is 0.0945. The van der Waals surface area contributed by atoms with E-state index in [1.54, 1.807) is 17.0 Å². The molecule has 2 amide bonds. The number of morpholine rings is 1. The van der Waals surface area contributed by atoms with Crippen molar-refractivity contribution < 1.29 is 14.3 Å². The molecular formula is C24H33N5O4. The van der Waals surface area contributed by atoms with Crippen molar-refractivity contribution in [3.63, 3.8) is 0 Å². The number of unbranched alkanes of at least 4 members (excludes halogenated alkanes) is 2. The van der Waals surface area contributed by atoms with Crippen LogP contribution in [0.25, 0.3) is 10.8 Å². The van der Waals surface area contributed by atoms with Crippen LogP contribution in [0.4, 0.5) is 0 Å². The first-order valence-corrected chi connectivity index (χ1v) is 12.0. The second-order valence-electron chi connectivity index (χ2n) is 8.69. The van der Waals surface area contributed by atoms with Crippen molar-refractivity contribution in [2.24, 2.45) is 0 Å². The molecule has 0 saturated carbocycles. The molecule has 0 spiro atoms. The quantitative estimate of drug-likeness (QED) is 0.583. The number of aryl methyl sites for hydroxylation is 1. The number of rotatable bonds is 7. The molecule has 33 heavy (non-hydrogen) atoms. The molecule has 0 bridgehead atoms. The standard InChI is InChI=1S/C24H33N5O4/c1-2-3-6-9-29-23(31)20-8-5-4-7-19(20)22(25-29)24(32)28-12-10-27(11-13-28)21(30)18-26-14-16-33-17-15-26/h4-5,7-8H,2-3,6,9-18H2,1H3. The summed E-state index contributed by atoms with van der Waals surface area (Å²) in [6.45, 7) is 7.80. The van der Waals surface area contributed by atoms with E-state index in [4.69, 9.17) is 4.74 Å². The lowest BCUT2D eigenvalue weighted by molar-refractivity contribution is -0.134. The van der Waals surface area contributed by atoms with Crippen molar-refractivity contribution in [3.05, 3.63) is 40.3 Å². The largest absolute Gasteiger partial charge is 0.379 e. The molecule has 9 heteroatoms. The number of benzene rings is 1. The fraction of sp³-hybridized carbons (Fsp3) is 0.583. The summed E-state index contributed by atoms with van der Waals surface area (Å²) >= 11 is 0. The second kappa shape index (κ2) is 10.9. The number of amides is 2. The maximum absolute atomic E-state index is 13.4. The summed E-state index contributed by atoms with van der Waals surface area (Å²) in [5, 5.41) is 5.60. The Morgan fingerprint density at radius 3 is 2.30 bits per heavy atom. The summed E-state index contributed by atoms with van der Waals surface area (Å²) in [7, 11) is 0. The van der Waals surface area contributed by atoms with Crippen LogP contribution in [0.5, 0.6) is 0 Å². The predicted octanol–water partition coefficient (Wildman–Crippen LogP) is 1.20. The number of hydrogen-bond acceptors (Lipinski definition) is 6. The minimum Gasteiger partial charge on any atom is -0.379 e. The number of ether oxygens (including phenoxy) is 1. The lowest BCUT2D eigenvalue weighted by Crippen LogP contribution is -2.53. The third kappa shape index (κ3) is 5.42. The zero-order valence-electron chi connectivity index (χ0n) is 19.4. The SMILES string of the molecule is CCCCCn1nc(C(=O)N2CCN(C(=O)CN3CCOCC3)CC2)c2ccccc2c1=O. The van der Waals surface area contributed by atoms with Gasteiger partial charge in [-0.05, 0) is 12.5 Å². The van der Waals surface area contributed by atoms with E-state index in [-0.39, 0.29) is 17.4 Å². The molecule has 0 atom stereocenters. The van der Waals surface area contributed by atoms with E-state index < -0.39 is 0 Å². The molecule has 9 nitrogen and oxygen atoms in total. The highest BCUT2D eigenvalue weighted by Crippen LogP contribution is 2.17. The third-order valence-corrected chi connectivity index (χ3v) is 6.43. The highest BCUT2D eigenvalue weighted by Gasteiger charge is 2.28. The predicted molar refractivity (Wildman–Crippen MR) is 125 cm³/mol. The maximum atomic E-state index is 13.4. The molecule has 0 N–H and O–H groups in total. The Hall–Kier alpha value is -2.78. The number of piperazine rings is 1. The molecule has 2 aliphatic rings. The molecule has 3 heterocycles. The van der Waals surface area contributed by atoms with Gasteiger partial charge in [0.15, 0.2) is 5.69 Å². The molecule has 2 saturated heterocycles. The first kappa shape index (κ1) is 23.4. The Morgan fingerprint density at radius 2 is 1.61 bits per heavy atom. The molecule has 1 aromatic carbocycles. The first-order valence-electron chi connectivity index (χ1n) is 12.0. The Bertz CT molecular complexity index is 1040. The Balaban J connectivity index is 1.45. The van der Waals surface area contributed by atoms with Crippen LogP contribution in [-0.2, 0) is 16.1 Å². The van der Waals surface area contributed by atoms with Crippen molar-refractivity contribution in [3.8, 4) is 0 Å². The van der Waals surface area contributed by atoms with Gasteiger partial charge in [-0.25, -0.2) is 4.68 Å². The number of carbonyl (C=O) groups is 2. The van der Waals surface area contributed by atoms with E-state index in [0.717, 1.165) is 32.4 Å². The first-order chi connectivity index (χ1) is 16.1. The summed E-state index contributed by atoms with van der Waals surface area (Å²) in [4.78, 5) is 44.7. The Kier molecular flexibility index (Phi) is 7.72. The summed E-state index contributed by atoms with van der Waals surface area (Å²) in [6, 6.07) is 7.18. The summed E-state index contributed by atoms with van der Waals surface area (Å²) in [6.07, 6.45) is 2.90. The van der Waals surface area contributed by atoms with Crippen molar-refractivity contribution in [1.29, 1.82) is 0 Å². The van der Waals surface area contributed by atoms with E-state index in [1.165, 1.54) is 4.68 Å². The second-order valence-corrected chi connectivity index (χ2v) is 8.69. The molecular weight excluding hydrogens is 422 g/mol. The van der Waals surface area contributed by atoms with Crippen molar-refractivity contribution in [2.45, 2.75) is 32.7 Å². The average molecular weight is 456 g/mol. The van der Waals surface area contributed by atoms with Crippen LogP contribution in [0, 0.1) is 0 Å². The van der Waals surface area contributed by atoms with Crippen LogP contribution in [0.3, 0.4) is 0 Å². The normalized spacial score (nSPS) is 17.5. The third-order valence-electron chi connectivity index (χ3n) is 6.43. The van der Waals surface area contributed by atoms with Gasteiger partial charge in [0.2, 0.25) is 5.91 Å². The Morgan fingerprint density at radius 1 is 0.939 bits per heavy atom. The van der Waals surface area contributed by atoms with E-state index >= 15 is 0 Å². The monoisotopic (exact) mass is 455 g/mol. The van der Waals surface area contributed by atoms with Crippen LogP contribution in [-0.4, -0.2) is 95.3 Å². The van der Waals surface area contributed by atoms with Crippen molar-refractivity contribution >= 4 is 22.6 Å². The maximum Gasteiger partial charge on any atom is 0.275 e. The molecule has 0 radical (unpaired) electrons. The molecule has 2 fully saturated rings. The highest BCUT2D eigenvalue weighted by atomic mass is 16.5. The van der Waals surface area contributed by atoms with Crippen LogP contribution in [0.1, 0.15) is 36.7 Å². The topological polar surface area (TPSA) is 88.0 Å². The van der Waals surface area contributed by atoms with Crippen LogP contribution >= 0.6 is 0 Å². The van der Waals surface area contributed by atoms with E-state index in [0.29, 0.717) is 68.9 Å². The van der Waals surface area contributed by atoms with Crippen LogP contribution < -0.4 is 5.56 Å². The van der Waals surface area contributed by atoms with Gasteiger partial charge in [0.05, 0.1) is 25.1 Å². The number of hydrogen-bond donors (Lipinski definition) is 0. The number of fused-ring (bicyclic) bond motifs is 1. The van der Waals surface area contributed by atoms with Crippen molar-refractivity contribution in [1.82, 2.24) is 24.5 Å². The zero-order valence-corrected chi connectivity index (χ0v) is 19.4. The molecule has 4 rings (SSSR count). The number of aromatic nitrogens is 2. The van der Waals surface area contributed by atoms with E-state index in [2.05, 4.69) is 16.9 Å². The minimum atomic E-state index is -0.185. The zero-order chi connectivity index (χ0) is 23.2. The fourth-order valence-corrected chi connectivity index (χ4v) is 4.42. The van der Waals surface area contributed by atoms with Gasteiger partial charge in [-0.3, -0.25) is 19.3 Å². The molecule has 2 aromatic rings. The van der Waals surface area contributed by atoms with Crippen LogP contribution in [0.15, 0.2) is 29.1 Å². The van der Waals surface area contributed by atoms with Gasteiger partial charge in [0.1, 0.15) is 0 Å². The molecule has 2 aliphatic heterocycles. The van der Waals surface area contributed by atoms with Crippen molar-refractivity contribution in [2.75, 3.05) is 59.0 Å². The summed E-state index contributed by atoms with van der Waals surface area (Å²) in [5.74, 6) is -0.0900. The molecule has 178 valence electrons. The Labute approximate surface area is 193 Å². The van der Waals surface area contributed by atoms with Gasteiger partial charge in [-0.1, -0.05) is 38.0 Å². The average Bonchev–Trinajstić information content (AvgIpc) is 2.86. The smallest absolute Gasteiger partial charge is 0.275 e. The van der Waals surface area contributed by atoms with E-state index in [9.17, 15) is 14.4 Å². The van der Waals surface area contributed by atoms with Gasteiger partial charge in [0, 0.05) is 51.2 Å². The molecule has 0 aliphatic carbocycles. The highest BCUT2D eigenvalue weighted by molar-refractivity contribution is 6.04. The molecule has 1 aromatic heterocycles. The van der Waals surface area contributed by atoms with Gasteiger partial charge < -0.3 is 14.5 Å². The summed E-state index contributed by atoms with van der Waals surface area (Å²) < 4.78 is 6.78. The van der Waals surface area contributed by atoms with Gasteiger partial charge in [-0.15, -0.1) is 0 Å². The lowest BCUT2D eigenvalue weighted by Gasteiger charge is -2.36. The van der Waals surface area contributed by atoms with Gasteiger partial charge in [-0.2, -0.15) is 5.10 Å². The van der Waals surface area contributed by atoms with Crippen LogP contribution in [0.2, 0.25) is 0 Å². The van der Waals surface area contributed by atoms with E-state index in [1.807, 2.05) is 17.0 Å². The van der Waals surface area contributed by atoms with Gasteiger partial charge in [0.25, 0.3) is 11.5 Å². The van der Waals surface area contributed by atoms with Gasteiger partial charge >= 0.3 is 0 Å². The lowest BCUT2D eigenvalue weighted by atomic mass is 10.1. The molecule has 0 unspecified atom stereocenters.